The van der Waals surface area contributed by atoms with Crippen LogP contribution in [0.3, 0.4) is 0 Å². The zero-order valence-corrected chi connectivity index (χ0v) is 16.7. The molecule has 2 aromatic carbocycles. The third-order valence-electron chi connectivity index (χ3n) is 5.67. The summed E-state index contributed by atoms with van der Waals surface area (Å²) in [5.74, 6) is 1.27. The predicted octanol–water partition coefficient (Wildman–Crippen LogP) is 2.87. The summed E-state index contributed by atoms with van der Waals surface area (Å²) in [6.45, 7) is 1.67. The lowest BCUT2D eigenvalue weighted by molar-refractivity contribution is -0.115. The van der Waals surface area contributed by atoms with Crippen molar-refractivity contribution in [3.8, 4) is 11.5 Å². The largest absolute Gasteiger partial charge is 0.490 e. The number of nitrogens with zero attached hydrogens (tertiary/aromatic N) is 1. The maximum atomic E-state index is 13.4. The van der Waals surface area contributed by atoms with E-state index in [1.807, 2.05) is 18.2 Å². The molecule has 152 valence electrons. The average Bonchev–Trinajstić information content (AvgIpc) is 3.27. The molecule has 3 heterocycles. The molecule has 0 radical (unpaired) electrons. The molecule has 0 spiro atoms. The molecule has 1 saturated heterocycles. The fourth-order valence-corrected chi connectivity index (χ4v) is 5.98. The highest BCUT2D eigenvalue weighted by atomic mass is 32.2. The topological polar surface area (TPSA) is 84.9 Å². The second kappa shape index (κ2) is 7.03. The molecule has 2 aromatic rings. The van der Waals surface area contributed by atoms with Crippen LogP contribution in [0.4, 0.5) is 5.69 Å². The van der Waals surface area contributed by atoms with Gasteiger partial charge in [-0.1, -0.05) is 6.07 Å². The Hall–Kier alpha value is -2.58. The number of hydrogen-bond acceptors (Lipinski definition) is 5. The minimum atomic E-state index is -3.68. The zero-order chi connectivity index (χ0) is 20.0. The van der Waals surface area contributed by atoms with E-state index in [-0.39, 0.29) is 23.3 Å². The number of carbonyl (C=O) groups is 1. The highest BCUT2D eigenvalue weighted by Gasteiger charge is 2.37. The number of sulfonamides is 1. The molecule has 3 aliphatic heterocycles. The Morgan fingerprint density at radius 3 is 2.69 bits per heavy atom. The maximum Gasteiger partial charge on any atom is 0.243 e. The van der Waals surface area contributed by atoms with Crippen molar-refractivity contribution in [2.45, 2.75) is 36.6 Å². The number of rotatable bonds is 3. The standard InChI is InChI=1S/C21H22N2O5S/c24-21-13-15-11-16(5-6-17(15)22-21)29(25,26)23-8-1-3-18(23)14-4-7-19-20(12-14)28-10-2-9-27-19/h4-7,11-12,18H,1-3,8-10,13H2,(H,22,24)/t18-/m1/s1. The first-order valence-electron chi connectivity index (χ1n) is 9.86. The lowest BCUT2D eigenvalue weighted by atomic mass is 10.0. The van der Waals surface area contributed by atoms with Gasteiger partial charge in [0, 0.05) is 18.7 Å². The van der Waals surface area contributed by atoms with E-state index in [0.717, 1.165) is 30.4 Å². The Morgan fingerprint density at radius 1 is 1.00 bits per heavy atom. The smallest absolute Gasteiger partial charge is 0.243 e. The van der Waals surface area contributed by atoms with Crippen LogP contribution in [-0.4, -0.2) is 38.4 Å². The molecule has 8 heteroatoms. The van der Waals surface area contributed by atoms with Crippen molar-refractivity contribution in [3.05, 3.63) is 47.5 Å². The van der Waals surface area contributed by atoms with E-state index in [0.29, 0.717) is 36.9 Å². The van der Waals surface area contributed by atoms with Gasteiger partial charge >= 0.3 is 0 Å². The van der Waals surface area contributed by atoms with Crippen LogP contribution in [-0.2, 0) is 21.2 Å². The monoisotopic (exact) mass is 414 g/mol. The van der Waals surface area contributed by atoms with Gasteiger partial charge in [0.15, 0.2) is 11.5 Å². The van der Waals surface area contributed by atoms with Gasteiger partial charge in [0.25, 0.3) is 0 Å². The molecule has 7 nitrogen and oxygen atoms in total. The van der Waals surface area contributed by atoms with Crippen LogP contribution in [0, 0.1) is 0 Å². The second-order valence-corrected chi connectivity index (χ2v) is 9.46. The fraction of sp³-hybridized carbons (Fsp3) is 0.381. The highest BCUT2D eigenvalue weighted by molar-refractivity contribution is 7.89. The van der Waals surface area contributed by atoms with Crippen molar-refractivity contribution >= 4 is 21.6 Å². The first-order chi connectivity index (χ1) is 14.0. The summed E-state index contributed by atoms with van der Waals surface area (Å²) in [6.07, 6.45) is 2.58. The number of anilines is 1. The SMILES string of the molecule is O=C1Cc2cc(S(=O)(=O)N3CCC[C@@H]3c3ccc4c(c3)OCCCO4)ccc2N1. The summed E-state index contributed by atoms with van der Waals surface area (Å²) in [5.41, 5.74) is 2.32. The molecule has 0 aliphatic carbocycles. The quantitative estimate of drug-likeness (QED) is 0.835. The summed E-state index contributed by atoms with van der Waals surface area (Å²) in [4.78, 5) is 11.8. The van der Waals surface area contributed by atoms with Crippen LogP contribution < -0.4 is 14.8 Å². The minimum absolute atomic E-state index is 0.110. The minimum Gasteiger partial charge on any atom is -0.490 e. The van der Waals surface area contributed by atoms with E-state index < -0.39 is 10.0 Å². The van der Waals surface area contributed by atoms with Gasteiger partial charge in [0.2, 0.25) is 15.9 Å². The van der Waals surface area contributed by atoms with Crippen LogP contribution in [0.5, 0.6) is 11.5 Å². The fourth-order valence-electron chi connectivity index (χ4n) is 4.25. The van der Waals surface area contributed by atoms with Crippen molar-refractivity contribution in [2.24, 2.45) is 0 Å². The number of amides is 1. The van der Waals surface area contributed by atoms with Crippen LogP contribution in [0.15, 0.2) is 41.3 Å². The molecule has 0 aromatic heterocycles. The number of nitrogens with one attached hydrogen (secondary N) is 1. The molecule has 5 rings (SSSR count). The summed E-state index contributed by atoms with van der Waals surface area (Å²) in [6, 6.07) is 10.3. The van der Waals surface area contributed by atoms with Crippen molar-refractivity contribution in [1.29, 1.82) is 0 Å². The second-order valence-electron chi connectivity index (χ2n) is 7.57. The number of benzene rings is 2. The van der Waals surface area contributed by atoms with Gasteiger partial charge in [-0.15, -0.1) is 0 Å². The number of hydrogen-bond donors (Lipinski definition) is 1. The third-order valence-corrected chi connectivity index (χ3v) is 7.57. The van der Waals surface area contributed by atoms with Crippen molar-refractivity contribution < 1.29 is 22.7 Å². The van der Waals surface area contributed by atoms with Gasteiger partial charge in [0.1, 0.15) is 0 Å². The molecule has 1 N–H and O–H groups in total. The lowest BCUT2D eigenvalue weighted by Crippen LogP contribution is -2.30. The molecule has 1 amide bonds. The number of carbonyl (C=O) groups excluding carboxylic acids is 1. The molecule has 3 aliphatic rings. The van der Waals surface area contributed by atoms with Gasteiger partial charge in [0.05, 0.1) is 30.6 Å². The first-order valence-corrected chi connectivity index (χ1v) is 11.3. The predicted molar refractivity (Wildman–Crippen MR) is 107 cm³/mol. The molecular formula is C21H22N2O5S. The molecular weight excluding hydrogens is 392 g/mol. The molecule has 29 heavy (non-hydrogen) atoms. The van der Waals surface area contributed by atoms with E-state index >= 15 is 0 Å². The van der Waals surface area contributed by atoms with Crippen LogP contribution >= 0.6 is 0 Å². The molecule has 0 bridgehead atoms. The Morgan fingerprint density at radius 2 is 1.83 bits per heavy atom. The van der Waals surface area contributed by atoms with Crippen molar-refractivity contribution in [1.82, 2.24) is 4.31 Å². The Bertz CT molecular complexity index is 1080. The van der Waals surface area contributed by atoms with Gasteiger partial charge in [-0.2, -0.15) is 4.31 Å². The third kappa shape index (κ3) is 3.26. The summed E-state index contributed by atoms with van der Waals surface area (Å²) in [5, 5.41) is 2.74. The number of ether oxygens (including phenoxy) is 2. The summed E-state index contributed by atoms with van der Waals surface area (Å²) >= 11 is 0. The normalized spacial score (nSPS) is 21.5. The van der Waals surface area contributed by atoms with Gasteiger partial charge in [-0.25, -0.2) is 8.42 Å². The van der Waals surface area contributed by atoms with Gasteiger partial charge in [-0.3, -0.25) is 4.79 Å². The molecule has 1 atom stereocenters. The van der Waals surface area contributed by atoms with Crippen LogP contribution in [0.1, 0.15) is 36.4 Å². The van der Waals surface area contributed by atoms with Gasteiger partial charge < -0.3 is 14.8 Å². The Kier molecular flexibility index (Phi) is 4.48. The van der Waals surface area contributed by atoms with E-state index in [1.165, 1.54) is 0 Å². The first kappa shape index (κ1) is 18.4. The zero-order valence-electron chi connectivity index (χ0n) is 15.9. The number of fused-ring (bicyclic) bond motifs is 2. The summed E-state index contributed by atoms with van der Waals surface area (Å²) < 4.78 is 39.9. The van der Waals surface area contributed by atoms with E-state index in [9.17, 15) is 13.2 Å². The Labute approximate surface area is 169 Å². The molecule has 1 fully saturated rings. The van der Waals surface area contributed by atoms with Crippen LogP contribution in [0.25, 0.3) is 0 Å². The van der Waals surface area contributed by atoms with Gasteiger partial charge in [-0.05, 0) is 54.3 Å². The summed E-state index contributed by atoms with van der Waals surface area (Å²) in [7, 11) is -3.68. The highest BCUT2D eigenvalue weighted by Crippen LogP contribution is 2.41. The Balaban J connectivity index is 1.47. The van der Waals surface area contributed by atoms with Crippen molar-refractivity contribution in [3.63, 3.8) is 0 Å². The van der Waals surface area contributed by atoms with Crippen molar-refractivity contribution in [2.75, 3.05) is 25.1 Å². The van der Waals surface area contributed by atoms with E-state index in [1.54, 1.807) is 22.5 Å². The van der Waals surface area contributed by atoms with E-state index in [4.69, 9.17) is 9.47 Å². The molecule has 0 saturated carbocycles. The van der Waals surface area contributed by atoms with E-state index in [2.05, 4.69) is 5.32 Å². The average molecular weight is 414 g/mol. The maximum absolute atomic E-state index is 13.4. The lowest BCUT2D eigenvalue weighted by Gasteiger charge is -2.25. The van der Waals surface area contributed by atoms with Crippen LogP contribution in [0.2, 0.25) is 0 Å². The molecule has 0 unspecified atom stereocenters.